The van der Waals surface area contributed by atoms with E-state index in [4.69, 9.17) is 32.2 Å². The van der Waals surface area contributed by atoms with E-state index in [0.29, 0.717) is 16.5 Å². The van der Waals surface area contributed by atoms with E-state index in [1.165, 1.54) is 0 Å². The number of para-hydroxylation sites is 1. The third-order valence-corrected chi connectivity index (χ3v) is 4.01. The van der Waals surface area contributed by atoms with Crippen LogP contribution in [-0.2, 0) is 0 Å². The molecule has 3 aromatic carbocycles. The van der Waals surface area contributed by atoms with Crippen molar-refractivity contribution >= 4 is 23.5 Å². The van der Waals surface area contributed by atoms with E-state index in [1.807, 2.05) is 54.6 Å². The summed E-state index contributed by atoms with van der Waals surface area (Å²) in [6, 6.07) is 20.6. The molecular formula is C23H18ClNO3. The van der Waals surface area contributed by atoms with Gasteiger partial charge in [0, 0.05) is 6.21 Å². The molecule has 0 saturated carbocycles. The van der Waals surface area contributed by atoms with E-state index in [-0.39, 0.29) is 6.61 Å². The summed E-state index contributed by atoms with van der Waals surface area (Å²) in [5.41, 5.74) is 1.56. The minimum Gasteiger partial charge on any atom is -0.493 e. The lowest BCUT2D eigenvalue weighted by Gasteiger charge is -2.11. The zero-order chi connectivity index (χ0) is 19.8. The van der Waals surface area contributed by atoms with E-state index in [1.54, 1.807) is 25.5 Å². The highest BCUT2D eigenvalue weighted by atomic mass is 35.5. The van der Waals surface area contributed by atoms with Crippen molar-refractivity contribution in [2.75, 3.05) is 13.7 Å². The quantitative estimate of drug-likeness (QED) is 0.371. The summed E-state index contributed by atoms with van der Waals surface area (Å²) in [7, 11) is 1.54. The number of ether oxygens (including phenoxy) is 3. The first kappa shape index (κ1) is 19.3. The van der Waals surface area contributed by atoms with Crippen LogP contribution in [-0.4, -0.2) is 19.9 Å². The van der Waals surface area contributed by atoms with Crippen LogP contribution in [0.5, 0.6) is 23.0 Å². The molecule has 0 aromatic heterocycles. The fourth-order valence-corrected chi connectivity index (χ4v) is 2.72. The van der Waals surface area contributed by atoms with Crippen LogP contribution in [0.1, 0.15) is 5.56 Å². The Morgan fingerprint density at radius 2 is 1.75 bits per heavy atom. The number of hydrogen-bond donors (Lipinski definition) is 0. The molecule has 0 atom stereocenters. The monoisotopic (exact) mass is 391 g/mol. The number of hydrogen-bond acceptors (Lipinski definition) is 4. The van der Waals surface area contributed by atoms with Crippen LogP contribution >= 0.6 is 11.6 Å². The van der Waals surface area contributed by atoms with E-state index in [2.05, 4.69) is 10.9 Å². The predicted molar refractivity (Wildman–Crippen MR) is 113 cm³/mol. The van der Waals surface area contributed by atoms with Crippen molar-refractivity contribution < 1.29 is 14.2 Å². The second-order valence-electron chi connectivity index (χ2n) is 5.69. The summed E-state index contributed by atoms with van der Waals surface area (Å²) in [4.78, 5) is 4.47. The Hall–Kier alpha value is -3.42. The highest BCUT2D eigenvalue weighted by Gasteiger charge is 2.11. The van der Waals surface area contributed by atoms with Gasteiger partial charge in [-0.1, -0.05) is 35.7 Å². The summed E-state index contributed by atoms with van der Waals surface area (Å²) in [6.45, 7) is 0.112. The molecule has 0 heterocycles. The zero-order valence-electron chi connectivity index (χ0n) is 15.3. The van der Waals surface area contributed by atoms with Crippen LogP contribution in [0.4, 0.5) is 5.69 Å². The van der Waals surface area contributed by atoms with Crippen molar-refractivity contribution in [3.63, 3.8) is 0 Å². The molecule has 0 amide bonds. The van der Waals surface area contributed by atoms with Gasteiger partial charge in [-0.15, -0.1) is 6.42 Å². The third-order valence-electron chi connectivity index (χ3n) is 3.73. The minimum absolute atomic E-state index is 0.112. The third kappa shape index (κ3) is 5.06. The Balaban J connectivity index is 1.73. The Kier molecular flexibility index (Phi) is 6.56. The van der Waals surface area contributed by atoms with Crippen LogP contribution in [0.15, 0.2) is 71.7 Å². The van der Waals surface area contributed by atoms with Gasteiger partial charge < -0.3 is 14.2 Å². The van der Waals surface area contributed by atoms with Gasteiger partial charge in [0.25, 0.3) is 0 Å². The number of rotatable bonds is 7. The van der Waals surface area contributed by atoms with Crippen LogP contribution in [0.25, 0.3) is 0 Å². The lowest BCUT2D eigenvalue weighted by atomic mass is 10.2. The van der Waals surface area contributed by atoms with Gasteiger partial charge in [0.1, 0.15) is 18.1 Å². The van der Waals surface area contributed by atoms with Crippen molar-refractivity contribution in [3.05, 3.63) is 77.3 Å². The number of halogens is 1. The smallest absolute Gasteiger partial charge is 0.181 e. The molecule has 0 aliphatic rings. The van der Waals surface area contributed by atoms with Crippen molar-refractivity contribution in [2.45, 2.75) is 0 Å². The fourth-order valence-electron chi connectivity index (χ4n) is 2.44. The van der Waals surface area contributed by atoms with Crippen LogP contribution in [0, 0.1) is 12.3 Å². The molecule has 4 nitrogen and oxygen atoms in total. The standard InChI is InChI=1S/C23H18ClNO3/c1-3-13-27-23-21(24)14-17(15-22(23)26-2)16-25-18-9-11-20(12-10-18)28-19-7-5-4-6-8-19/h1,4-12,14-16H,13H2,2H3. The topological polar surface area (TPSA) is 40.0 Å². The Morgan fingerprint density at radius 3 is 2.43 bits per heavy atom. The van der Waals surface area contributed by atoms with Gasteiger partial charge in [-0.3, -0.25) is 4.99 Å². The summed E-state index contributed by atoms with van der Waals surface area (Å²) < 4.78 is 16.5. The van der Waals surface area contributed by atoms with Gasteiger partial charge in [-0.25, -0.2) is 0 Å². The van der Waals surface area contributed by atoms with Crippen LogP contribution < -0.4 is 14.2 Å². The molecule has 28 heavy (non-hydrogen) atoms. The SMILES string of the molecule is C#CCOc1c(Cl)cc(C=Nc2ccc(Oc3ccccc3)cc2)cc1OC. The van der Waals surface area contributed by atoms with Gasteiger partial charge in [0.15, 0.2) is 11.5 Å². The van der Waals surface area contributed by atoms with Crippen molar-refractivity contribution in [1.82, 2.24) is 0 Å². The Labute approximate surface area is 169 Å². The molecule has 0 N–H and O–H groups in total. The lowest BCUT2D eigenvalue weighted by Crippen LogP contribution is -1.98. The second kappa shape index (κ2) is 9.50. The predicted octanol–water partition coefficient (Wildman–Crippen LogP) is 5.90. The second-order valence-corrected chi connectivity index (χ2v) is 6.10. The average molecular weight is 392 g/mol. The van der Waals surface area contributed by atoms with Crippen LogP contribution in [0.3, 0.4) is 0 Å². The van der Waals surface area contributed by atoms with Crippen LogP contribution in [0.2, 0.25) is 5.02 Å². The van der Waals surface area contributed by atoms with Gasteiger partial charge >= 0.3 is 0 Å². The molecule has 3 rings (SSSR count). The maximum absolute atomic E-state index is 6.28. The molecule has 0 saturated heterocycles. The number of methoxy groups -OCH3 is 1. The highest BCUT2D eigenvalue weighted by molar-refractivity contribution is 6.32. The van der Waals surface area contributed by atoms with E-state index in [0.717, 1.165) is 22.7 Å². The normalized spacial score (nSPS) is 10.5. The zero-order valence-corrected chi connectivity index (χ0v) is 16.0. The molecule has 0 aliphatic carbocycles. The maximum atomic E-state index is 6.28. The summed E-state index contributed by atoms with van der Waals surface area (Å²) >= 11 is 6.28. The lowest BCUT2D eigenvalue weighted by molar-refractivity contribution is 0.331. The fraction of sp³-hybridized carbons (Fsp3) is 0.0870. The molecule has 3 aromatic rings. The van der Waals surface area contributed by atoms with Gasteiger partial charge in [0.2, 0.25) is 0 Å². The molecule has 0 spiro atoms. The van der Waals surface area contributed by atoms with E-state index >= 15 is 0 Å². The molecule has 0 unspecified atom stereocenters. The molecule has 0 radical (unpaired) electrons. The van der Waals surface area contributed by atoms with Crippen molar-refractivity contribution in [2.24, 2.45) is 4.99 Å². The van der Waals surface area contributed by atoms with Gasteiger partial charge in [-0.05, 0) is 54.1 Å². The van der Waals surface area contributed by atoms with Crippen molar-refractivity contribution in [3.8, 4) is 35.3 Å². The van der Waals surface area contributed by atoms with Gasteiger partial charge in [-0.2, -0.15) is 0 Å². The number of benzene rings is 3. The molecule has 5 heteroatoms. The van der Waals surface area contributed by atoms with E-state index in [9.17, 15) is 0 Å². The largest absolute Gasteiger partial charge is 0.493 e. The molecule has 140 valence electrons. The summed E-state index contributed by atoms with van der Waals surface area (Å²) in [6.07, 6.45) is 6.93. The first-order chi connectivity index (χ1) is 13.7. The summed E-state index contributed by atoms with van der Waals surface area (Å²) in [5.74, 6) is 4.84. The van der Waals surface area contributed by atoms with Crippen molar-refractivity contribution in [1.29, 1.82) is 0 Å². The number of aliphatic imine (C=N–C) groups is 1. The Bertz CT molecular complexity index is 993. The van der Waals surface area contributed by atoms with E-state index < -0.39 is 0 Å². The average Bonchev–Trinajstić information content (AvgIpc) is 2.73. The first-order valence-corrected chi connectivity index (χ1v) is 8.88. The number of nitrogens with zero attached hydrogens (tertiary/aromatic N) is 1. The molecule has 0 bridgehead atoms. The minimum atomic E-state index is 0.112. The Morgan fingerprint density at radius 1 is 1.04 bits per heavy atom. The first-order valence-electron chi connectivity index (χ1n) is 8.50. The maximum Gasteiger partial charge on any atom is 0.181 e. The van der Waals surface area contributed by atoms with Gasteiger partial charge in [0.05, 0.1) is 17.8 Å². The molecule has 0 aliphatic heterocycles. The summed E-state index contributed by atoms with van der Waals surface area (Å²) in [5, 5.41) is 0.405. The highest BCUT2D eigenvalue weighted by Crippen LogP contribution is 2.36. The molecule has 0 fully saturated rings. The molecular weight excluding hydrogens is 374 g/mol. The number of terminal acetylenes is 1.